The van der Waals surface area contributed by atoms with Crippen molar-refractivity contribution in [2.75, 3.05) is 7.11 Å². The Morgan fingerprint density at radius 2 is 1.94 bits per heavy atom. The number of esters is 1. The highest BCUT2D eigenvalue weighted by molar-refractivity contribution is 5.76. The molecule has 1 aliphatic carbocycles. The Labute approximate surface area is 108 Å². The van der Waals surface area contributed by atoms with E-state index < -0.39 is 12.1 Å². The predicted octanol–water partition coefficient (Wildman–Crippen LogP) is 2.94. The van der Waals surface area contributed by atoms with Crippen LogP contribution in [0.4, 0.5) is 0 Å². The summed E-state index contributed by atoms with van der Waals surface area (Å²) in [4.78, 5) is 11.5. The molecule has 0 bridgehead atoms. The van der Waals surface area contributed by atoms with Crippen LogP contribution < -0.4 is 0 Å². The van der Waals surface area contributed by atoms with Crippen molar-refractivity contribution in [1.29, 1.82) is 0 Å². The number of rotatable bonds is 3. The molecule has 0 aromatic heterocycles. The lowest BCUT2D eigenvalue weighted by Gasteiger charge is -2.25. The molecule has 1 N–H and O–H groups in total. The van der Waals surface area contributed by atoms with Gasteiger partial charge in [0.05, 0.1) is 7.11 Å². The largest absolute Gasteiger partial charge is 0.467 e. The van der Waals surface area contributed by atoms with Crippen molar-refractivity contribution in [2.45, 2.75) is 44.1 Å². The van der Waals surface area contributed by atoms with E-state index in [9.17, 15) is 9.90 Å². The normalized spacial score (nSPS) is 18.3. The molecule has 1 aliphatic rings. The lowest BCUT2D eigenvalue weighted by molar-refractivity contribution is -0.150. The van der Waals surface area contributed by atoms with Gasteiger partial charge in [-0.2, -0.15) is 0 Å². The predicted molar refractivity (Wildman–Crippen MR) is 69.2 cm³/mol. The Hall–Kier alpha value is -1.35. The van der Waals surface area contributed by atoms with Crippen LogP contribution in [-0.4, -0.2) is 18.2 Å². The zero-order chi connectivity index (χ0) is 13.0. The summed E-state index contributed by atoms with van der Waals surface area (Å²) in [5.41, 5.74) is 1.81. The van der Waals surface area contributed by atoms with Crippen LogP contribution in [0.1, 0.15) is 55.3 Å². The molecule has 3 nitrogen and oxygen atoms in total. The van der Waals surface area contributed by atoms with Crippen LogP contribution in [0, 0.1) is 0 Å². The summed E-state index contributed by atoms with van der Waals surface area (Å²) in [6.07, 6.45) is 4.88. The third kappa shape index (κ3) is 2.72. The Kier molecular flexibility index (Phi) is 4.37. The number of carbonyl (C=O) groups excluding carboxylic acids is 1. The zero-order valence-electron chi connectivity index (χ0n) is 10.8. The fourth-order valence-electron chi connectivity index (χ4n) is 2.78. The molecule has 1 saturated carbocycles. The summed E-state index contributed by atoms with van der Waals surface area (Å²) in [5, 5.41) is 10.0. The van der Waals surface area contributed by atoms with Crippen LogP contribution in [0.25, 0.3) is 0 Å². The number of aliphatic hydroxyl groups excluding tert-OH is 1. The summed E-state index contributed by atoms with van der Waals surface area (Å²) >= 11 is 0. The van der Waals surface area contributed by atoms with Crippen molar-refractivity contribution < 1.29 is 14.6 Å². The maximum Gasteiger partial charge on any atom is 0.339 e. The maximum absolute atomic E-state index is 11.5. The number of benzene rings is 1. The topological polar surface area (TPSA) is 46.5 Å². The fourth-order valence-corrected chi connectivity index (χ4v) is 2.78. The summed E-state index contributed by atoms with van der Waals surface area (Å²) in [5.74, 6) is -0.118. The van der Waals surface area contributed by atoms with E-state index in [0.717, 1.165) is 18.4 Å². The number of carbonyl (C=O) groups is 1. The second kappa shape index (κ2) is 6.01. The smallest absolute Gasteiger partial charge is 0.339 e. The van der Waals surface area contributed by atoms with Gasteiger partial charge in [0.15, 0.2) is 6.10 Å². The number of aliphatic hydroxyl groups is 1. The molecule has 1 atom stereocenters. The van der Waals surface area contributed by atoms with Gasteiger partial charge in [0.25, 0.3) is 0 Å². The monoisotopic (exact) mass is 248 g/mol. The van der Waals surface area contributed by atoms with Gasteiger partial charge < -0.3 is 9.84 Å². The molecule has 0 amide bonds. The molecule has 98 valence electrons. The minimum Gasteiger partial charge on any atom is -0.467 e. The number of methoxy groups -OCH3 is 1. The van der Waals surface area contributed by atoms with E-state index in [0.29, 0.717) is 11.5 Å². The van der Waals surface area contributed by atoms with Gasteiger partial charge in [0, 0.05) is 0 Å². The van der Waals surface area contributed by atoms with Gasteiger partial charge in [-0.15, -0.1) is 0 Å². The molecule has 1 unspecified atom stereocenters. The van der Waals surface area contributed by atoms with Crippen molar-refractivity contribution in [3.8, 4) is 0 Å². The summed E-state index contributed by atoms with van der Waals surface area (Å²) in [6, 6.07) is 7.67. The fraction of sp³-hybridized carbons (Fsp3) is 0.533. The highest BCUT2D eigenvalue weighted by Gasteiger charge is 2.25. The van der Waals surface area contributed by atoms with Crippen LogP contribution in [0.3, 0.4) is 0 Å². The molecular formula is C15H20O3. The molecule has 2 rings (SSSR count). The first-order chi connectivity index (χ1) is 8.74. The van der Waals surface area contributed by atoms with Gasteiger partial charge in [-0.1, -0.05) is 43.5 Å². The standard InChI is InChI=1S/C15H20O3/c1-18-15(17)14(16)13-10-6-5-9-12(13)11-7-3-2-4-8-11/h5-6,9-11,14,16H,2-4,7-8H2,1H3. The average molecular weight is 248 g/mol. The van der Waals surface area contributed by atoms with E-state index in [1.807, 2.05) is 24.3 Å². The van der Waals surface area contributed by atoms with Crippen LogP contribution in [0.15, 0.2) is 24.3 Å². The second-order valence-electron chi connectivity index (χ2n) is 4.89. The minimum absolute atomic E-state index is 0.467. The molecule has 1 aromatic rings. The molecule has 18 heavy (non-hydrogen) atoms. The van der Waals surface area contributed by atoms with Gasteiger partial charge in [-0.25, -0.2) is 4.79 Å². The third-order valence-corrected chi connectivity index (χ3v) is 3.76. The Morgan fingerprint density at radius 3 is 2.61 bits per heavy atom. The van der Waals surface area contributed by atoms with E-state index in [2.05, 4.69) is 4.74 Å². The Bertz CT molecular complexity index is 408. The summed E-state index contributed by atoms with van der Waals surface area (Å²) in [6.45, 7) is 0. The molecule has 0 spiro atoms. The lowest BCUT2D eigenvalue weighted by Crippen LogP contribution is -2.17. The van der Waals surface area contributed by atoms with Crippen LogP contribution >= 0.6 is 0 Å². The first-order valence-electron chi connectivity index (χ1n) is 6.58. The van der Waals surface area contributed by atoms with E-state index in [1.165, 1.54) is 26.4 Å². The first-order valence-corrected chi connectivity index (χ1v) is 6.58. The quantitative estimate of drug-likeness (QED) is 0.836. The van der Waals surface area contributed by atoms with Gasteiger partial charge >= 0.3 is 5.97 Å². The molecule has 0 aliphatic heterocycles. The van der Waals surface area contributed by atoms with Crippen LogP contribution in [0.5, 0.6) is 0 Å². The van der Waals surface area contributed by atoms with E-state index in [1.54, 1.807) is 0 Å². The summed E-state index contributed by atoms with van der Waals surface area (Å²) in [7, 11) is 1.30. The molecule has 0 saturated heterocycles. The SMILES string of the molecule is COC(=O)C(O)c1ccccc1C1CCCCC1. The molecular weight excluding hydrogens is 228 g/mol. The van der Waals surface area contributed by atoms with Crippen molar-refractivity contribution in [1.82, 2.24) is 0 Å². The van der Waals surface area contributed by atoms with Crippen molar-refractivity contribution in [3.05, 3.63) is 35.4 Å². The maximum atomic E-state index is 11.5. The van der Waals surface area contributed by atoms with Gasteiger partial charge in [0.2, 0.25) is 0 Å². The van der Waals surface area contributed by atoms with E-state index >= 15 is 0 Å². The number of hydrogen-bond donors (Lipinski definition) is 1. The summed E-state index contributed by atoms with van der Waals surface area (Å²) < 4.78 is 4.62. The Morgan fingerprint density at radius 1 is 1.28 bits per heavy atom. The molecule has 0 heterocycles. The average Bonchev–Trinajstić information content (AvgIpc) is 2.46. The van der Waals surface area contributed by atoms with Crippen LogP contribution in [-0.2, 0) is 9.53 Å². The van der Waals surface area contributed by atoms with Crippen molar-refractivity contribution >= 4 is 5.97 Å². The third-order valence-electron chi connectivity index (χ3n) is 3.76. The van der Waals surface area contributed by atoms with Crippen LogP contribution in [0.2, 0.25) is 0 Å². The highest BCUT2D eigenvalue weighted by atomic mass is 16.5. The number of hydrogen-bond acceptors (Lipinski definition) is 3. The molecule has 1 aromatic carbocycles. The number of ether oxygens (including phenoxy) is 1. The van der Waals surface area contributed by atoms with Gasteiger partial charge in [0.1, 0.15) is 0 Å². The highest BCUT2D eigenvalue weighted by Crippen LogP contribution is 2.36. The van der Waals surface area contributed by atoms with E-state index in [-0.39, 0.29) is 0 Å². The van der Waals surface area contributed by atoms with Crippen molar-refractivity contribution in [2.24, 2.45) is 0 Å². The van der Waals surface area contributed by atoms with Gasteiger partial charge in [-0.05, 0) is 29.9 Å². The Balaban J connectivity index is 2.27. The molecule has 3 heteroatoms. The van der Waals surface area contributed by atoms with Gasteiger partial charge in [-0.3, -0.25) is 0 Å². The van der Waals surface area contributed by atoms with Crippen molar-refractivity contribution in [3.63, 3.8) is 0 Å². The lowest BCUT2D eigenvalue weighted by atomic mass is 9.81. The second-order valence-corrected chi connectivity index (χ2v) is 4.89. The molecule has 0 radical (unpaired) electrons. The first kappa shape index (κ1) is 13.1. The molecule has 1 fully saturated rings. The minimum atomic E-state index is -1.16. The zero-order valence-corrected chi connectivity index (χ0v) is 10.8. The van der Waals surface area contributed by atoms with E-state index in [4.69, 9.17) is 0 Å².